The fourth-order valence-corrected chi connectivity index (χ4v) is 10.4. The second-order valence-electron chi connectivity index (χ2n) is 18.3. The molecule has 12 aromatic rings. The van der Waals surface area contributed by atoms with Gasteiger partial charge in [-0.05, 0) is 115 Å². The SMILES string of the molecule is Cc1cccc(-c2ccc3c4ccc(-c5cccc(C)c5)cc4n(-c4cc(-c5cccnc5)c(-n5c6cc(-c7cccc(C)c7)ccc6c6ccc(-c7cccc(C)c7)cc65)cc4C#N)c3c2)c1. The lowest BCUT2D eigenvalue weighted by atomic mass is 9.99. The highest BCUT2D eigenvalue weighted by Gasteiger charge is 2.23. The molecule has 12 rings (SSSR count). The van der Waals surface area contributed by atoms with Crippen molar-refractivity contribution in [2.75, 3.05) is 0 Å². The molecule has 0 saturated heterocycles. The monoisotopic (exact) mass is 870 g/mol. The van der Waals surface area contributed by atoms with Gasteiger partial charge in [0.25, 0.3) is 0 Å². The van der Waals surface area contributed by atoms with Crippen molar-refractivity contribution in [1.82, 2.24) is 14.1 Å². The first-order chi connectivity index (χ1) is 33.3. The maximum absolute atomic E-state index is 11.6. The van der Waals surface area contributed by atoms with E-state index < -0.39 is 0 Å². The fourth-order valence-electron chi connectivity index (χ4n) is 10.4. The van der Waals surface area contributed by atoms with Crippen LogP contribution in [0.5, 0.6) is 0 Å². The molecule has 0 atom stereocenters. The number of hydrogen-bond acceptors (Lipinski definition) is 2. The van der Waals surface area contributed by atoms with Crippen molar-refractivity contribution in [3.05, 3.63) is 234 Å². The van der Waals surface area contributed by atoms with E-state index in [0.29, 0.717) is 5.56 Å². The molecule has 0 aliphatic heterocycles. The van der Waals surface area contributed by atoms with E-state index in [1.165, 1.54) is 22.3 Å². The standard InChI is InChI=1S/C64H46N4/c1-40-10-5-14-44(28-40)48-19-23-54-55-24-20-49(45-15-6-11-41(2)29-45)33-61(55)67(60(54)32-48)59-37-58(52-18-9-27-66-39-52)64(36-53(59)38-65)68-62-34-50(46-16-7-12-42(3)30-46)21-25-56(62)57-26-22-51(35-63(57)68)47-17-8-13-43(4)31-47/h5-37,39H,1-4H3. The second kappa shape index (κ2) is 16.3. The van der Waals surface area contributed by atoms with Gasteiger partial charge in [0.15, 0.2) is 0 Å². The van der Waals surface area contributed by atoms with Gasteiger partial charge in [-0.15, -0.1) is 0 Å². The number of aromatic nitrogens is 3. The van der Waals surface area contributed by atoms with Crippen LogP contribution in [0.1, 0.15) is 27.8 Å². The van der Waals surface area contributed by atoms with Gasteiger partial charge in [-0.25, -0.2) is 0 Å². The Morgan fingerprint density at radius 3 is 1.04 bits per heavy atom. The Bertz CT molecular complexity index is 3820. The van der Waals surface area contributed by atoms with Crippen molar-refractivity contribution >= 4 is 43.6 Å². The van der Waals surface area contributed by atoms with Crippen LogP contribution in [0.4, 0.5) is 0 Å². The summed E-state index contributed by atoms with van der Waals surface area (Å²) in [7, 11) is 0. The molecule has 3 heterocycles. The maximum atomic E-state index is 11.6. The van der Waals surface area contributed by atoms with Crippen molar-refractivity contribution in [3.8, 4) is 73.1 Å². The molecule has 0 unspecified atom stereocenters. The van der Waals surface area contributed by atoms with Crippen molar-refractivity contribution in [3.63, 3.8) is 0 Å². The molecule has 9 aromatic carbocycles. The molecule has 4 heteroatoms. The number of benzene rings is 9. The van der Waals surface area contributed by atoms with Crippen molar-refractivity contribution in [1.29, 1.82) is 5.26 Å². The lowest BCUT2D eigenvalue weighted by Gasteiger charge is -2.19. The molecule has 0 radical (unpaired) electrons. The zero-order chi connectivity index (χ0) is 46.0. The summed E-state index contributed by atoms with van der Waals surface area (Å²) in [5, 5.41) is 16.1. The minimum atomic E-state index is 0.563. The first-order valence-electron chi connectivity index (χ1n) is 23.2. The highest BCUT2D eigenvalue weighted by atomic mass is 15.0. The molecule has 0 bridgehead atoms. The molecule has 0 saturated carbocycles. The van der Waals surface area contributed by atoms with Crippen LogP contribution < -0.4 is 0 Å². The van der Waals surface area contributed by atoms with E-state index in [2.05, 4.69) is 231 Å². The van der Waals surface area contributed by atoms with Crippen LogP contribution in [-0.2, 0) is 0 Å². The Morgan fingerprint density at radius 2 is 0.706 bits per heavy atom. The van der Waals surface area contributed by atoms with E-state index >= 15 is 0 Å². The Labute approximate surface area is 396 Å². The molecule has 0 N–H and O–H groups in total. The van der Waals surface area contributed by atoms with Gasteiger partial charge in [-0.3, -0.25) is 4.98 Å². The molecule has 3 aromatic heterocycles. The lowest BCUT2D eigenvalue weighted by Crippen LogP contribution is -2.04. The number of rotatable bonds is 7. The molecule has 0 spiro atoms. The highest BCUT2D eigenvalue weighted by molar-refractivity contribution is 6.13. The molecule has 0 aliphatic rings. The number of nitriles is 1. The normalized spacial score (nSPS) is 11.5. The maximum Gasteiger partial charge on any atom is 0.101 e. The Kier molecular flexibility index (Phi) is 9.74. The van der Waals surface area contributed by atoms with Gasteiger partial charge < -0.3 is 9.13 Å². The van der Waals surface area contributed by atoms with E-state index in [1.807, 2.05) is 18.5 Å². The van der Waals surface area contributed by atoms with E-state index in [1.54, 1.807) is 0 Å². The molecule has 0 fully saturated rings. The zero-order valence-corrected chi connectivity index (χ0v) is 38.4. The largest absolute Gasteiger partial charge is 0.309 e. The topological polar surface area (TPSA) is 46.5 Å². The van der Waals surface area contributed by atoms with Crippen molar-refractivity contribution in [2.24, 2.45) is 0 Å². The summed E-state index contributed by atoms with van der Waals surface area (Å²) < 4.78 is 4.71. The summed E-state index contributed by atoms with van der Waals surface area (Å²) in [6.07, 6.45) is 3.76. The van der Waals surface area contributed by atoms with Gasteiger partial charge in [0.05, 0.1) is 39.0 Å². The first kappa shape index (κ1) is 40.7. The molecule has 4 nitrogen and oxygen atoms in total. The van der Waals surface area contributed by atoms with E-state index in [9.17, 15) is 5.26 Å². The highest BCUT2D eigenvalue weighted by Crippen LogP contribution is 2.44. The third kappa shape index (κ3) is 6.96. The molecular formula is C64H46N4. The Balaban J connectivity index is 1.19. The van der Waals surface area contributed by atoms with Crippen LogP contribution in [0.3, 0.4) is 0 Å². The minimum Gasteiger partial charge on any atom is -0.309 e. The molecule has 322 valence electrons. The summed E-state index contributed by atoms with van der Waals surface area (Å²) in [4.78, 5) is 4.69. The van der Waals surface area contributed by atoms with Crippen molar-refractivity contribution < 1.29 is 0 Å². The minimum absolute atomic E-state index is 0.563. The fraction of sp³-hybridized carbons (Fsp3) is 0.0625. The number of aryl methyl sites for hydroxylation is 4. The summed E-state index contributed by atoms with van der Waals surface area (Å²) in [5.41, 5.74) is 22.3. The van der Waals surface area contributed by atoms with E-state index in [-0.39, 0.29) is 0 Å². The van der Waals surface area contributed by atoms with Gasteiger partial charge in [-0.1, -0.05) is 174 Å². The summed E-state index contributed by atoms with van der Waals surface area (Å²) in [5.74, 6) is 0. The summed E-state index contributed by atoms with van der Waals surface area (Å²) in [6, 6.07) is 73.1. The summed E-state index contributed by atoms with van der Waals surface area (Å²) in [6.45, 7) is 8.55. The number of pyridine rings is 1. The van der Waals surface area contributed by atoms with Crippen molar-refractivity contribution in [2.45, 2.75) is 27.7 Å². The Hall–Kier alpha value is -8.78. The third-order valence-corrected chi connectivity index (χ3v) is 13.6. The number of nitrogens with zero attached hydrogens (tertiary/aromatic N) is 4. The van der Waals surface area contributed by atoms with Gasteiger partial charge in [-0.2, -0.15) is 5.26 Å². The van der Waals surface area contributed by atoms with Gasteiger partial charge >= 0.3 is 0 Å². The van der Waals surface area contributed by atoms with E-state index in [4.69, 9.17) is 4.98 Å². The molecule has 0 aliphatic carbocycles. The molecule has 68 heavy (non-hydrogen) atoms. The average molecular weight is 871 g/mol. The molecular weight excluding hydrogens is 825 g/mol. The smallest absolute Gasteiger partial charge is 0.101 e. The van der Waals surface area contributed by atoms with Crippen LogP contribution >= 0.6 is 0 Å². The van der Waals surface area contributed by atoms with Crippen LogP contribution in [0, 0.1) is 39.0 Å². The van der Waals surface area contributed by atoms with Crippen LogP contribution in [0.15, 0.2) is 207 Å². The predicted octanol–water partition coefficient (Wildman–Crippen LogP) is 16.7. The Morgan fingerprint density at radius 1 is 0.353 bits per heavy atom. The quantitative estimate of drug-likeness (QED) is 0.160. The zero-order valence-electron chi connectivity index (χ0n) is 38.4. The third-order valence-electron chi connectivity index (χ3n) is 13.6. The van der Waals surface area contributed by atoms with Crippen LogP contribution in [-0.4, -0.2) is 14.1 Å². The van der Waals surface area contributed by atoms with Crippen LogP contribution in [0.25, 0.3) is 111 Å². The lowest BCUT2D eigenvalue weighted by molar-refractivity contribution is 1.13. The van der Waals surface area contributed by atoms with Crippen LogP contribution in [0.2, 0.25) is 0 Å². The van der Waals surface area contributed by atoms with E-state index in [0.717, 1.165) is 111 Å². The second-order valence-corrected chi connectivity index (χ2v) is 18.3. The predicted molar refractivity (Wildman–Crippen MR) is 284 cm³/mol. The summed E-state index contributed by atoms with van der Waals surface area (Å²) >= 11 is 0. The van der Waals surface area contributed by atoms with Gasteiger partial charge in [0.2, 0.25) is 0 Å². The molecule has 0 amide bonds. The average Bonchev–Trinajstić information content (AvgIpc) is 3.87. The first-order valence-corrected chi connectivity index (χ1v) is 23.2. The number of hydrogen-bond donors (Lipinski definition) is 0. The number of fused-ring (bicyclic) bond motifs is 6. The van der Waals surface area contributed by atoms with Gasteiger partial charge in [0, 0.05) is 45.1 Å². The van der Waals surface area contributed by atoms with Gasteiger partial charge in [0.1, 0.15) is 6.07 Å².